The average molecular weight is 344 g/mol. The fourth-order valence-corrected chi connectivity index (χ4v) is 3.99. The number of hydrogen-bond acceptors (Lipinski definition) is 4. The molecule has 4 rings (SSSR count). The molecule has 0 bridgehead atoms. The van der Waals surface area contributed by atoms with Gasteiger partial charge in [-0.1, -0.05) is 29.8 Å². The summed E-state index contributed by atoms with van der Waals surface area (Å²) in [7, 11) is 0. The van der Waals surface area contributed by atoms with Crippen molar-refractivity contribution < 1.29 is 0 Å². The highest BCUT2D eigenvalue weighted by atomic mass is 35.5. The quantitative estimate of drug-likeness (QED) is 0.714. The Bertz CT molecular complexity index is 904. The van der Waals surface area contributed by atoms with Gasteiger partial charge in [0.05, 0.1) is 17.6 Å². The Hall–Kier alpha value is -2.11. The molecule has 3 aromatic rings. The largest absolute Gasteiger partial charge is 0.364 e. The topological polar surface area (TPSA) is 38.1 Å². The van der Waals surface area contributed by atoms with Gasteiger partial charge in [0.25, 0.3) is 5.56 Å². The van der Waals surface area contributed by atoms with Crippen LogP contribution >= 0.6 is 22.9 Å². The van der Waals surface area contributed by atoms with E-state index in [9.17, 15) is 4.79 Å². The molecule has 0 N–H and O–H groups in total. The number of thiophene rings is 1. The van der Waals surface area contributed by atoms with Gasteiger partial charge in [0.15, 0.2) is 0 Å². The van der Waals surface area contributed by atoms with E-state index in [4.69, 9.17) is 11.6 Å². The van der Waals surface area contributed by atoms with Gasteiger partial charge in [0.1, 0.15) is 5.02 Å². The normalized spacial score (nSPS) is 13.9. The first kappa shape index (κ1) is 14.5. The van der Waals surface area contributed by atoms with Gasteiger partial charge < -0.3 is 4.90 Å². The van der Waals surface area contributed by atoms with Crippen LogP contribution in [0, 0.1) is 0 Å². The molecule has 1 aromatic carbocycles. The molecule has 116 valence electrons. The summed E-state index contributed by atoms with van der Waals surface area (Å²) in [5, 5.41) is 6.65. The highest BCUT2D eigenvalue weighted by Gasteiger charge is 2.21. The van der Waals surface area contributed by atoms with Crippen LogP contribution < -0.4 is 10.5 Å². The first-order valence-corrected chi connectivity index (χ1v) is 8.63. The third-order valence-corrected chi connectivity index (χ3v) is 5.43. The number of hydrogen-bond donors (Lipinski definition) is 0. The van der Waals surface area contributed by atoms with Crippen LogP contribution in [0.25, 0.3) is 5.69 Å². The van der Waals surface area contributed by atoms with Crippen molar-refractivity contribution in [2.24, 2.45) is 0 Å². The second kappa shape index (κ2) is 5.83. The van der Waals surface area contributed by atoms with Crippen molar-refractivity contribution in [2.45, 2.75) is 13.0 Å². The first-order chi connectivity index (χ1) is 11.2. The molecule has 0 spiro atoms. The van der Waals surface area contributed by atoms with E-state index in [0.717, 1.165) is 19.5 Å². The number of benzene rings is 1. The van der Waals surface area contributed by atoms with Gasteiger partial charge >= 0.3 is 0 Å². The maximum atomic E-state index is 12.6. The average Bonchev–Trinajstić information content (AvgIpc) is 3.05. The van der Waals surface area contributed by atoms with E-state index in [1.165, 1.54) is 15.1 Å². The van der Waals surface area contributed by atoms with Crippen LogP contribution in [0.1, 0.15) is 10.4 Å². The standard InChI is InChI=1S/C17H14ClN3OS/c18-16-14(20-8-6-15-12(11-20)7-9-23-15)10-19-21(17(16)22)13-4-2-1-3-5-13/h1-5,7,9-10H,6,8,11H2. The van der Waals surface area contributed by atoms with Gasteiger partial charge in [-0.05, 0) is 35.6 Å². The Labute approximate surface area is 142 Å². The molecule has 0 saturated carbocycles. The lowest BCUT2D eigenvalue weighted by Gasteiger charge is -2.29. The number of halogens is 1. The van der Waals surface area contributed by atoms with Crippen LogP contribution in [0.2, 0.25) is 5.02 Å². The molecule has 0 unspecified atom stereocenters. The molecule has 3 heterocycles. The molecule has 1 aliphatic rings. The van der Waals surface area contributed by atoms with E-state index in [1.54, 1.807) is 17.5 Å². The van der Waals surface area contributed by atoms with E-state index >= 15 is 0 Å². The van der Waals surface area contributed by atoms with Gasteiger partial charge in [-0.2, -0.15) is 9.78 Å². The first-order valence-electron chi connectivity index (χ1n) is 7.37. The summed E-state index contributed by atoms with van der Waals surface area (Å²) in [6.45, 7) is 1.62. The van der Waals surface area contributed by atoms with E-state index in [-0.39, 0.29) is 10.6 Å². The van der Waals surface area contributed by atoms with Crippen LogP contribution in [0.15, 0.2) is 52.8 Å². The summed E-state index contributed by atoms with van der Waals surface area (Å²) in [5.41, 5.74) is 2.45. The molecule has 2 aromatic heterocycles. The van der Waals surface area contributed by atoms with Crippen LogP contribution in [0.4, 0.5) is 5.69 Å². The zero-order valence-corrected chi connectivity index (χ0v) is 13.8. The summed E-state index contributed by atoms with van der Waals surface area (Å²) in [6.07, 6.45) is 2.67. The molecule has 0 aliphatic carbocycles. The fourth-order valence-electron chi connectivity index (χ4n) is 2.85. The Morgan fingerprint density at radius 1 is 1.17 bits per heavy atom. The number of aromatic nitrogens is 2. The molecule has 4 nitrogen and oxygen atoms in total. The number of para-hydroxylation sites is 1. The van der Waals surface area contributed by atoms with E-state index < -0.39 is 0 Å². The smallest absolute Gasteiger partial charge is 0.292 e. The minimum atomic E-state index is -0.286. The number of nitrogens with zero attached hydrogens (tertiary/aromatic N) is 3. The van der Waals surface area contributed by atoms with Gasteiger partial charge in [0, 0.05) is 18.0 Å². The van der Waals surface area contributed by atoms with E-state index in [0.29, 0.717) is 11.4 Å². The van der Waals surface area contributed by atoms with E-state index in [2.05, 4.69) is 21.4 Å². The highest BCUT2D eigenvalue weighted by molar-refractivity contribution is 7.10. The van der Waals surface area contributed by atoms with Crippen LogP contribution in [-0.2, 0) is 13.0 Å². The predicted octanol–water partition coefficient (Wildman–Crippen LogP) is 3.51. The Kier molecular flexibility index (Phi) is 3.67. The van der Waals surface area contributed by atoms with Gasteiger partial charge in [-0.25, -0.2) is 0 Å². The van der Waals surface area contributed by atoms with Crippen molar-refractivity contribution >= 4 is 28.6 Å². The predicted molar refractivity (Wildman–Crippen MR) is 93.9 cm³/mol. The summed E-state index contributed by atoms with van der Waals surface area (Å²) >= 11 is 8.16. The SMILES string of the molecule is O=c1c(Cl)c(N2CCc3sccc3C2)cnn1-c1ccccc1. The molecule has 0 saturated heterocycles. The van der Waals surface area contributed by atoms with Gasteiger partial charge in [-0.15, -0.1) is 11.3 Å². The Morgan fingerprint density at radius 3 is 2.83 bits per heavy atom. The maximum absolute atomic E-state index is 12.6. The van der Waals surface area contributed by atoms with Crippen molar-refractivity contribution in [1.29, 1.82) is 0 Å². The molecule has 0 radical (unpaired) electrons. The fraction of sp³-hybridized carbons (Fsp3) is 0.176. The van der Waals surface area contributed by atoms with Crippen LogP contribution in [0.5, 0.6) is 0 Å². The number of fused-ring (bicyclic) bond motifs is 1. The molecule has 0 fully saturated rings. The Balaban J connectivity index is 1.72. The van der Waals surface area contributed by atoms with Crippen molar-refractivity contribution in [3.63, 3.8) is 0 Å². The number of rotatable bonds is 2. The van der Waals surface area contributed by atoms with Crippen molar-refractivity contribution in [1.82, 2.24) is 9.78 Å². The van der Waals surface area contributed by atoms with Crippen LogP contribution in [-0.4, -0.2) is 16.3 Å². The van der Waals surface area contributed by atoms with Crippen molar-refractivity contribution in [3.8, 4) is 5.69 Å². The minimum Gasteiger partial charge on any atom is -0.364 e. The number of anilines is 1. The molecule has 23 heavy (non-hydrogen) atoms. The monoisotopic (exact) mass is 343 g/mol. The lowest BCUT2D eigenvalue weighted by Crippen LogP contribution is -2.32. The zero-order chi connectivity index (χ0) is 15.8. The van der Waals surface area contributed by atoms with Crippen LogP contribution in [0.3, 0.4) is 0 Å². The summed E-state index contributed by atoms with van der Waals surface area (Å²) in [5.74, 6) is 0. The van der Waals surface area contributed by atoms with Crippen molar-refractivity contribution in [2.75, 3.05) is 11.4 Å². The molecule has 6 heteroatoms. The molecule has 0 amide bonds. The lowest BCUT2D eigenvalue weighted by atomic mass is 10.1. The van der Waals surface area contributed by atoms with Crippen molar-refractivity contribution in [3.05, 3.63) is 73.8 Å². The molecule has 0 atom stereocenters. The third-order valence-electron chi connectivity index (χ3n) is 4.05. The molecular weight excluding hydrogens is 330 g/mol. The second-order valence-corrected chi connectivity index (χ2v) is 6.82. The maximum Gasteiger partial charge on any atom is 0.292 e. The summed E-state index contributed by atoms with van der Waals surface area (Å²) in [4.78, 5) is 16.1. The molecule has 1 aliphatic heterocycles. The minimum absolute atomic E-state index is 0.225. The Morgan fingerprint density at radius 2 is 2.00 bits per heavy atom. The second-order valence-electron chi connectivity index (χ2n) is 5.44. The molecular formula is C17H14ClN3OS. The van der Waals surface area contributed by atoms with E-state index in [1.807, 2.05) is 30.3 Å². The summed E-state index contributed by atoms with van der Waals surface area (Å²) < 4.78 is 1.34. The highest BCUT2D eigenvalue weighted by Crippen LogP contribution is 2.30. The zero-order valence-electron chi connectivity index (χ0n) is 12.3. The summed E-state index contributed by atoms with van der Waals surface area (Å²) in [6, 6.07) is 11.4. The lowest BCUT2D eigenvalue weighted by molar-refractivity contribution is 0.727. The van der Waals surface area contributed by atoms with Gasteiger partial charge in [0.2, 0.25) is 0 Å². The third kappa shape index (κ3) is 2.56. The van der Waals surface area contributed by atoms with Gasteiger partial charge in [-0.3, -0.25) is 4.79 Å².